The van der Waals surface area contributed by atoms with Crippen LogP contribution in [0.1, 0.15) is 65.7 Å². The Morgan fingerprint density at radius 3 is 2.84 bits per heavy atom. The van der Waals surface area contributed by atoms with Crippen LogP contribution in [0, 0.1) is 17.3 Å². The molecule has 4 unspecified atom stereocenters. The highest BCUT2D eigenvalue weighted by Crippen LogP contribution is 2.49. The fourth-order valence-electron chi connectivity index (χ4n) is 3.81. The molecule has 1 aliphatic carbocycles. The summed E-state index contributed by atoms with van der Waals surface area (Å²) in [7, 11) is 0. The van der Waals surface area contributed by atoms with Crippen LogP contribution in [-0.2, 0) is 14.3 Å². The number of ether oxygens (including phenoxy) is 2. The smallest absolute Gasteiger partial charge is 0.314 e. The van der Waals surface area contributed by atoms with E-state index in [2.05, 4.69) is 20.8 Å². The number of rotatable bonds is 4. The molecule has 0 N–H and O–H groups in total. The van der Waals surface area contributed by atoms with Crippen molar-refractivity contribution < 1.29 is 14.3 Å². The number of carbonyl (C=O) groups is 1. The highest BCUT2D eigenvalue weighted by Gasteiger charge is 2.48. The second kappa shape index (κ2) is 6.25. The standard InChI is InChI=1S/C16H28O3/c1-4-7-13-10-12(2)11-16(13,3)15(17)19-14-8-5-6-9-18-14/h12-14H,4-11H2,1-3H3. The van der Waals surface area contributed by atoms with Crippen molar-refractivity contribution in [2.45, 2.75) is 72.0 Å². The summed E-state index contributed by atoms with van der Waals surface area (Å²) >= 11 is 0. The van der Waals surface area contributed by atoms with E-state index in [-0.39, 0.29) is 17.7 Å². The van der Waals surface area contributed by atoms with Gasteiger partial charge in [-0.2, -0.15) is 0 Å². The summed E-state index contributed by atoms with van der Waals surface area (Å²) in [6.07, 6.45) is 7.13. The van der Waals surface area contributed by atoms with Crippen LogP contribution in [0.5, 0.6) is 0 Å². The summed E-state index contributed by atoms with van der Waals surface area (Å²) in [6, 6.07) is 0. The van der Waals surface area contributed by atoms with Crippen molar-refractivity contribution in [3.63, 3.8) is 0 Å². The average Bonchev–Trinajstić information content (AvgIpc) is 2.67. The van der Waals surface area contributed by atoms with Gasteiger partial charge >= 0.3 is 5.97 Å². The molecule has 0 spiro atoms. The molecule has 1 saturated carbocycles. The monoisotopic (exact) mass is 268 g/mol. The molecule has 2 aliphatic rings. The van der Waals surface area contributed by atoms with Gasteiger partial charge in [-0.15, -0.1) is 0 Å². The van der Waals surface area contributed by atoms with Crippen LogP contribution in [0.4, 0.5) is 0 Å². The second-order valence-electron chi connectivity index (χ2n) is 6.65. The lowest BCUT2D eigenvalue weighted by atomic mass is 9.77. The van der Waals surface area contributed by atoms with E-state index >= 15 is 0 Å². The Morgan fingerprint density at radius 1 is 1.42 bits per heavy atom. The summed E-state index contributed by atoms with van der Waals surface area (Å²) in [5.74, 6) is 1.08. The Hall–Kier alpha value is -0.570. The van der Waals surface area contributed by atoms with Crippen molar-refractivity contribution in [3.05, 3.63) is 0 Å². The molecular weight excluding hydrogens is 240 g/mol. The maximum absolute atomic E-state index is 12.6. The van der Waals surface area contributed by atoms with E-state index in [1.807, 2.05) is 0 Å². The van der Waals surface area contributed by atoms with Gasteiger partial charge in [0.05, 0.1) is 12.0 Å². The molecule has 1 saturated heterocycles. The largest absolute Gasteiger partial charge is 0.435 e. The lowest BCUT2D eigenvalue weighted by Crippen LogP contribution is -2.37. The van der Waals surface area contributed by atoms with Crippen LogP contribution in [0.2, 0.25) is 0 Å². The Balaban J connectivity index is 1.98. The van der Waals surface area contributed by atoms with E-state index in [1.165, 1.54) is 0 Å². The van der Waals surface area contributed by atoms with Crippen LogP contribution in [0.25, 0.3) is 0 Å². The highest BCUT2D eigenvalue weighted by atomic mass is 16.7. The van der Waals surface area contributed by atoms with Gasteiger partial charge in [-0.05, 0) is 50.9 Å². The molecule has 0 aromatic carbocycles. The normalized spacial score (nSPS) is 39.2. The van der Waals surface area contributed by atoms with E-state index in [0.29, 0.717) is 11.8 Å². The Kier molecular flexibility index (Phi) is 4.88. The van der Waals surface area contributed by atoms with Crippen LogP contribution >= 0.6 is 0 Å². The van der Waals surface area contributed by atoms with Gasteiger partial charge in [0.25, 0.3) is 0 Å². The topological polar surface area (TPSA) is 35.5 Å². The maximum Gasteiger partial charge on any atom is 0.314 e. The van der Waals surface area contributed by atoms with E-state index in [1.54, 1.807) is 0 Å². The molecule has 3 heteroatoms. The lowest BCUT2D eigenvalue weighted by Gasteiger charge is -2.32. The minimum absolute atomic E-state index is 0.0257. The predicted molar refractivity (Wildman–Crippen MR) is 74.6 cm³/mol. The fourth-order valence-corrected chi connectivity index (χ4v) is 3.81. The minimum atomic E-state index is -0.295. The second-order valence-corrected chi connectivity index (χ2v) is 6.65. The Bertz CT molecular complexity index is 309. The predicted octanol–water partition coefficient (Wildman–Crippen LogP) is 3.91. The van der Waals surface area contributed by atoms with E-state index in [0.717, 1.165) is 51.6 Å². The third-order valence-corrected chi connectivity index (χ3v) is 4.84. The third-order valence-electron chi connectivity index (χ3n) is 4.84. The van der Waals surface area contributed by atoms with Crippen molar-refractivity contribution in [1.29, 1.82) is 0 Å². The van der Waals surface area contributed by atoms with E-state index < -0.39 is 0 Å². The van der Waals surface area contributed by atoms with Gasteiger partial charge in [0, 0.05) is 6.42 Å². The van der Waals surface area contributed by atoms with Crippen LogP contribution in [-0.4, -0.2) is 18.9 Å². The van der Waals surface area contributed by atoms with Crippen LogP contribution < -0.4 is 0 Å². The van der Waals surface area contributed by atoms with Gasteiger partial charge in [-0.1, -0.05) is 20.3 Å². The summed E-state index contributed by atoms with van der Waals surface area (Å²) in [5.41, 5.74) is -0.295. The zero-order valence-corrected chi connectivity index (χ0v) is 12.6. The molecule has 0 amide bonds. The van der Waals surface area contributed by atoms with Gasteiger partial charge < -0.3 is 9.47 Å². The summed E-state index contributed by atoms with van der Waals surface area (Å²) in [5, 5.41) is 0. The van der Waals surface area contributed by atoms with Crippen molar-refractivity contribution in [1.82, 2.24) is 0 Å². The molecule has 2 rings (SSSR count). The van der Waals surface area contributed by atoms with Gasteiger partial charge in [0.15, 0.2) is 0 Å². The zero-order chi connectivity index (χ0) is 13.9. The first-order valence-corrected chi connectivity index (χ1v) is 7.89. The molecule has 19 heavy (non-hydrogen) atoms. The third kappa shape index (κ3) is 3.31. The SMILES string of the molecule is CCCC1CC(C)CC1(C)C(=O)OC1CCCCO1. The molecule has 0 radical (unpaired) electrons. The first kappa shape index (κ1) is 14.8. The molecule has 0 aromatic heterocycles. The molecule has 1 heterocycles. The lowest BCUT2D eigenvalue weighted by molar-refractivity contribution is -0.198. The zero-order valence-electron chi connectivity index (χ0n) is 12.6. The van der Waals surface area contributed by atoms with Crippen LogP contribution in [0.3, 0.4) is 0 Å². The molecule has 2 fully saturated rings. The fraction of sp³-hybridized carbons (Fsp3) is 0.938. The number of esters is 1. The quantitative estimate of drug-likeness (QED) is 0.725. The first-order chi connectivity index (χ1) is 9.06. The van der Waals surface area contributed by atoms with E-state index in [4.69, 9.17) is 9.47 Å². The van der Waals surface area contributed by atoms with Gasteiger partial charge in [-0.3, -0.25) is 4.79 Å². The molecule has 110 valence electrons. The molecule has 3 nitrogen and oxygen atoms in total. The van der Waals surface area contributed by atoms with Crippen molar-refractivity contribution in [3.8, 4) is 0 Å². The highest BCUT2D eigenvalue weighted by molar-refractivity contribution is 5.77. The summed E-state index contributed by atoms with van der Waals surface area (Å²) in [6.45, 7) is 7.27. The first-order valence-electron chi connectivity index (χ1n) is 7.89. The Morgan fingerprint density at radius 2 is 2.21 bits per heavy atom. The Labute approximate surface area is 117 Å². The van der Waals surface area contributed by atoms with Gasteiger partial charge in [0.2, 0.25) is 6.29 Å². The number of carbonyl (C=O) groups excluding carboxylic acids is 1. The molecule has 0 bridgehead atoms. The van der Waals surface area contributed by atoms with Crippen molar-refractivity contribution >= 4 is 5.97 Å². The van der Waals surface area contributed by atoms with E-state index in [9.17, 15) is 4.79 Å². The van der Waals surface area contributed by atoms with Gasteiger partial charge in [0.1, 0.15) is 0 Å². The van der Waals surface area contributed by atoms with Gasteiger partial charge in [-0.25, -0.2) is 0 Å². The maximum atomic E-state index is 12.6. The molecule has 0 aromatic rings. The summed E-state index contributed by atoms with van der Waals surface area (Å²) < 4.78 is 11.2. The molecule has 4 atom stereocenters. The molecular formula is C16H28O3. The minimum Gasteiger partial charge on any atom is -0.435 e. The number of hydrogen-bond acceptors (Lipinski definition) is 3. The van der Waals surface area contributed by atoms with Crippen molar-refractivity contribution in [2.24, 2.45) is 17.3 Å². The number of hydrogen-bond donors (Lipinski definition) is 0. The van der Waals surface area contributed by atoms with Crippen molar-refractivity contribution in [2.75, 3.05) is 6.61 Å². The van der Waals surface area contributed by atoms with Crippen LogP contribution in [0.15, 0.2) is 0 Å². The summed E-state index contributed by atoms with van der Waals surface area (Å²) in [4.78, 5) is 12.6. The molecule has 1 aliphatic heterocycles. The average molecular weight is 268 g/mol.